The van der Waals surface area contributed by atoms with Crippen LogP contribution in [0.2, 0.25) is 0 Å². The van der Waals surface area contributed by atoms with E-state index in [1.54, 1.807) is 30.6 Å². The zero-order valence-corrected chi connectivity index (χ0v) is 11.4. The Balaban J connectivity index is 2.19. The molecule has 0 aliphatic heterocycles. The summed E-state index contributed by atoms with van der Waals surface area (Å²) in [5.41, 5.74) is 0.0900. The van der Waals surface area contributed by atoms with Crippen molar-refractivity contribution in [1.82, 2.24) is 9.88 Å². The van der Waals surface area contributed by atoms with Gasteiger partial charge in [-0.1, -0.05) is 5.92 Å². The van der Waals surface area contributed by atoms with E-state index in [9.17, 15) is 9.59 Å². The monoisotopic (exact) mass is 283 g/mol. The molecule has 2 rings (SSSR count). The number of rotatable bonds is 3. The molecule has 0 saturated heterocycles. The van der Waals surface area contributed by atoms with E-state index in [2.05, 4.69) is 16.2 Å². The fourth-order valence-corrected chi connectivity index (χ4v) is 1.59. The molecule has 6 nitrogen and oxygen atoms in total. The Bertz CT molecular complexity index is 732. The Morgan fingerprint density at radius 2 is 2.29 bits per heavy atom. The van der Waals surface area contributed by atoms with Crippen LogP contribution in [0.1, 0.15) is 0 Å². The molecule has 0 bridgehead atoms. The molecule has 1 N–H and O–H groups in total. The predicted molar refractivity (Wildman–Crippen MR) is 78.7 cm³/mol. The number of nitrogens with one attached hydrogen (secondary N) is 1. The number of aromatic nitrogens is 1. The Labute approximate surface area is 121 Å². The number of nitrogens with zero attached hydrogens (tertiary/aromatic N) is 2. The van der Waals surface area contributed by atoms with Crippen LogP contribution in [0.4, 0.5) is 10.5 Å². The van der Waals surface area contributed by atoms with Crippen LogP contribution in [0, 0.1) is 12.3 Å². The number of hydrogen-bond acceptors (Lipinski definition) is 4. The van der Waals surface area contributed by atoms with Crippen LogP contribution in [-0.2, 0) is 0 Å². The van der Waals surface area contributed by atoms with Gasteiger partial charge in [-0.2, -0.15) is 0 Å². The second-order valence-corrected chi connectivity index (χ2v) is 4.23. The Hall–Kier alpha value is -3.07. The first-order valence-electron chi connectivity index (χ1n) is 6.12. The lowest BCUT2D eigenvalue weighted by Crippen LogP contribution is -2.33. The minimum Gasteiger partial charge on any atom is -0.421 e. The van der Waals surface area contributed by atoms with E-state index in [-0.39, 0.29) is 12.2 Å². The van der Waals surface area contributed by atoms with Crippen LogP contribution in [0.25, 0.3) is 11.3 Å². The van der Waals surface area contributed by atoms with Gasteiger partial charge in [0.1, 0.15) is 11.4 Å². The molecule has 2 aromatic heterocycles. The minimum atomic E-state index is -0.640. The molecule has 0 atom stereocenters. The van der Waals surface area contributed by atoms with Gasteiger partial charge in [-0.3, -0.25) is 4.98 Å². The molecule has 6 heteroatoms. The van der Waals surface area contributed by atoms with Crippen LogP contribution in [0.3, 0.4) is 0 Å². The molecule has 0 fully saturated rings. The zero-order valence-electron chi connectivity index (χ0n) is 11.4. The molecule has 106 valence electrons. The molecular weight excluding hydrogens is 270 g/mol. The maximum absolute atomic E-state index is 11.9. The Morgan fingerprint density at radius 1 is 1.48 bits per heavy atom. The third-order valence-electron chi connectivity index (χ3n) is 2.69. The van der Waals surface area contributed by atoms with Crippen LogP contribution in [0.5, 0.6) is 0 Å². The molecule has 0 unspecified atom stereocenters. The van der Waals surface area contributed by atoms with Crippen molar-refractivity contribution in [2.45, 2.75) is 0 Å². The first kappa shape index (κ1) is 14.3. The standard InChI is InChI=1S/C15H13N3O3/c1-3-9-18(2)15(20)17-12-6-7-13(21-14(12)19)11-5-4-8-16-10-11/h1,4-8,10H,9H2,2H3,(H,17,20). The topological polar surface area (TPSA) is 75.4 Å². The van der Waals surface area contributed by atoms with Crippen LogP contribution >= 0.6 is 0 Å². The molecule has 0 radical (unpaired) electrons. The minimum absolute atomic E-state index is 0.0523. The number of terminal acetylenes is 1. The van der Waals surface area contributed by atoms with E-state index in [4.69, 9.17) is 10.8 Å². The first-order valence-corrected chi connectivity index (χ1v) is 6.12. The van der Waals surface area contributed by atoms with Gasteiger partial charge < -0.3 is 14.6 Å². The van der Waals surface area contributed by atoms with Gasteiger partial charge >= 0.3 is 11.7 Å². The number of anilines is 1. The predicted octanol–water partition coefficient (Wildman–Crippen LogP) is 1.80. The third kappa shape index (κ3) is 3.48. The number of hydrogen-bond donors (Lipinski definition) is 1. The van der Waals surface area contributed by atoms with Crippen LogP contribution in [-0.4, -0.2) is 29.5 Å². The smallest absolute Gasteiger partial charge is 0.360 e. The fraction of sp³-hybridized carbons (Fsp3) is 0.133. The summed E-state index contributed by atoms with van der Waals surface area (Å²) >= 11 is 0. The van der Waals surface area contributed by atoms with Crippen molar-refractivity contribution in [1.29, 1.82) is 0 Å². The maximum Gasteiger partial charge on any atom is 0.360 e. The van der Waals surface area contributed by atoms with Crippen molar-refractivity contribution >= 4 is 11.7 Å². The molecule has 2 aromatic rings. The van der Waals surface area contributed by atoms with Crippen LogP contribution in [0.15, 0.2) is 45.9 Å². The lowest BCUT2D eigenvalue weighted by molar-refractivity contribution is 0.227. The van der Waals surface area contributed by atoms with Gasteiger partial charge in [0.25, 0.3) is 0 Å². The van der Waals surface area contributed by atoms with Crippen molar-refractivity contribution in [3.05, 3.63) is 47.1 Å². The summed E-state index contributed by atoms with van der Waals surface area (Å²) in [6.45, 7) is 0.144. The summed E-state index contributed by atoms with van der Waals surface area (Å²) in [6.07, 6.45) is 8.32. The summed E-state index contributed by atoms with van der Waals surface area (Å²) in [5, 5.41) is 2.44. The van der Waals surface area contributed by atoms with Gasteiger partial charge in [0.2, 0.25) is 0 Å². The largest absolute Gasteiger partial charge is 0.421 e. The lowest BCUT2D eigenvalue weighted by atomic mass is 10.2. The highest BCUT2D eigenvalue weighted by Crippen LogP contribution is 2.17. The van der Waals surface area contributed by atoms with Gasteiger partial charge in [0.05, 0.1) is 6.54 Å². The van der Waals surface area contributed by atoms with Gasteiger partial charge in [0.15, 0.2) is 0 Å². The molecule has 2 amide bonds. The summed E-state index contributed by atoms with van der Waals surface area (Å²) in [4.78, 5) is 28.8. The van der Waals surface area contributed by atoms with E-state index in [0.717, 1.165) is 0 Å². The highest BCUT2D eigenvalue weighted by Gasteiger charge is 2.11. The van der Waals surface area contributed by atoms with Crippen molar-refractivity contribution in [2.24, 2.45) is 0 Å². The molecule has 0 aliphatic rings. The summed E-state index contributed by atoms with van der Waals surface area (Å²) < 4.78 is 5.17. The van der Waals surface area contributed by atoms with Gasteiger partial charge in [0, 0.05) is 25.0 Å². The van der Waals surface area contributed by atoms with Crippen LogP contribution < -0.4 is 10.9 Å². The van der Waals surface area contributed by atoms with Crippen molar-refractivity contribution < 1.29 is 9.21 Å². The van der Waals surface area contributed by atoms with E-state index >= 15 is 0 Å². The van der Waals surface area contributed by atoms with Gasteiger partial charge in [-0.25, -0.2) is 9.59 Å². The number of pyridine rings is 1. The highest BCUT2D eigenvalue weighted by molar-refractivity contribution is 5.89. The lowest BCUT2D eigenvalue weighted by Gasteiger charge is -2.14. The van der Waals surface area contributed by atoms with E-state index in [1.165, 1.54) is 18.0 Å². The Morgan fingerprint density at radius 3 is 2.90 bits per heavy atom. The van der Waals surface area contributed by atoms with Crippen molar-refractivity contribution in [3.63, 3.8) is 0 Å². The normalized spacial score (nSPS) is 9.71. The average Bonchev–Trinajstić information content (AvgIpc) is 2.50. The maximum atomic E-state index is 11.9. The SMILES string of the molecule is C#CCN(C)C(=O)Nc1ccc(-c2cccnc2)oc1=O. The molecule has 0 spiro atoms. The first-order chi connectivity index (χ1) is 10.1. The fourth-order valence-electron chi connectivity index (χ4n) is 1.59. The molecule has 2 heterocycles. The molecular formula is C15H13N3O3. The van der Waals surface area contributed by atoms with E-state index in [1.807, 2.05) is 0 Å². The zero-order chi connectivity index (χ0) is 15.2. The Kier molecular flexibility index (Phi) is 4.36. The summed E-state index contributed by atoms with van der Waals surface area (Å²) in [5.74, 6) is 2.71. The van der Waals surface area contributed by atoms with E-state index < -0.39 is 11.7 Å². The third-order valence-corrected chi connectivity index (χ3v) is 2.69. The average molecular weight is 283 g/mol. The second-order valence-electron chi connectivity index (χ2n) is 4.23. The summed E-state index contributed by atoms with van der Waals surface area (Å²) in [7, 11) is 1.53. The molecule has 0 aromatic carbocycles. The molecule has 21 heavy (non-hydrogen) atoms. The quantitative estimate of drug-likeness (QED) is 0.871. The summed E-state index contributed by atoms with van der Waals surface area (Å²) in [6, 6.07) is 6.10. The molecule has 0 saturated carbocycles. The highest BCUT2D eigenvalue weighted by atomic mass is 16.4. The number of amides is 2. The van der Waals surface area contributed by atoms with Gasteiger partial charge in [-0.15, -0.1) is 6.42 Å². The molecule has 0 aliphatic carbocycles. The number of carbonyl (C=O) groups is 1. The second kappa shape index (κ2) is 6.39. The van der Waals surface area contributed by atoms with E-state index in [0.29, 0.717) is 11.3 Å². The van der Waals surface area contributed by atoms with Gasteiger partial charge in [-0.05, 0) is 24.3 Å². The number of urea groups is 1. The van der Waals surface area contributed by atoms with Crippen molar-refractivity contribution in [2.75, 3.05) is 18.9 Å². The van der Waals surface area contributed by atoms with Crippen molar-refractivity contribution in [3.8, 4) is 23.7 Å². The number of carbonyl (C=O) groups excluding carboxylic acids is 1.